The molecule has 0 aliphatic heterocycles. The highest BCUT2D eigenvalue weighted by Gasteiger charge is 2.60. The highest BCUT2D eigenvalue weighted by molar-refractivity contribution is 5.38. The molecule has 1 heterocycles. The van der Waals surface area contributed by atoms with E-state index in [1.807, 2.05) is 6.07 Å². The summed E-state index contributed by atoms with van der Waals surface area (Å²) >= 11 is 0. The number of hydrogen-bond donors (Lipinski definition) is 0. The molecule has 0 bridgehead atoms. The van der Waals surface area contributed by atoms with Gasteiger partial charge < -0.3 is 0 Å². The monoisotopic (exact) mass is 332 g/mol. The van der Waals surface area contributed by atoms with Gasteiger partial charge in [0.05, 0.1) is 11.4 Å². The van der Waals surface area contributed by atoms with E-state index >= 15 is 0 Å². The van der Waals surface area contributed by atoms with Gasteiger partial charge >= 0.3 is 0 Å². The number of benzene rings is 1. The van der Waals surface area contributed by atoms with Crippen LogP contribution in [0.15, 0.2) is 68.0 Å². The van der Waals surface area contributed by atoms with E-state index in [2.05, 4.69) is 93.3 Å². The second-order valence-corrected chi connectivity index (χ2v) is 8.20. The number of hydrogen-bond acceptors (Lipinski definition) is 2. The first kappa shape index (κ1) is 17.6. The van der Waals surface area contributed by atoms with Crippen molar-refractivity contribution < 1.29 is 0 Å². The summed E-state index contributed by atoms with van der Waals surface area (Å²) in [5.41, 5.74) is 3.14. The zero-order chi connectivity index (χ0) is 18.3. The van der Waals surface area contributed by atoms with Crippen LogP contribution < -0.4 is 0 Å². The second kappa shape index (κ2) is 5.94. The van der Waals surface area contributed by atoms with Crippen LogP contribution in [0.2, 0.25) is 0 Å². The molecule has 2 atom stereocenters. The molecule has 2 unspecified atom stereocenters. The van der Waals surface area contributed by atoms with Crippen LogP contribution in [0.5, 0.6) is 0 Å². The summed E-state index contributed by atoms with van der Waals surface area (Å²) in [5, 5.41) is 0. The highest BCUT2D eigenvalue weighted by atomic mass is 14.9. The van der Waals surface area contributed by atoms with Crippen LogP contribution in [0.25, 0.3) is 0 Å². The predicted octanol–water partition coefficient (Wildman–Crippen LogP) is 5.46. The third-order valence-corrected chi connectivity index (χ3v) is 6.31. The average Bonchev–Trinajstić information content (AvgIpc) is 3.38. The Bertz CT molecular complexity index is 789. The fourth-order valence-corrected chi connectivity index (χ4v) is 4.09. The molecule has 2 nitrogen and oxygen atoms in total. The molecule has 130 valence electrons. The van der Waals surface area contributed by atoms with Gasteiger partial charge in [0.2, 0.25) is 0 Å². The zero-order valence-electron chi connectivity index (χ0n) is 15.8. The van der Waals surface area contributed by atoms with Gasteiger partial charge in [-0.2, -0.15) is 0 Å². The Morgan fingerprint density at radius 3 is 2.24 bits per heavy atom. The van der Waals surface area contributed by atoms with Gasteiger partial charge in [0.1, 0.15) is 6.33 Å². The van der Waals surface area contributed by atoms with E-state index in [9.17, 15) is 0 Å². The van der Waals surface area contributed by atoms with E-state index in [0.717, 1.165) is 17.8 Å². The molecule has 1 aliphatic carbocycles. The molecular weight excluding hydrogens is 304 g/mol. The summed E-state index contributed by atoms with van der Waals surface area (Å²) in [6.07, 6.45) is 6.95. The number of rotatable bonds is 6. The summed E-state index contributed by atoms with van der Waals surface area (Å²) in [6.45, 7) is 17.1. The van der Waals surface area contributed by atoms with Gasteiger partial charge in [-0.15, -0.1) is 13.2 Å². The van der Waals surface area contributed by atoms with Crippen LogP contribution in [-0.4, -0.2) is 9.97 Å². The molecule has 1 saturated carbocycles. The van der Waals surface area contributed by atoms with E-state index in [4.69, 9.17) is 0 Å². The minimum atomic E-state index is -0.169. The predicted molar refractivity (Wildman–Crippen MR) is 105 cm³/mol. The number of aromatic nitrogens is 2. The first-order chi connectivity index (χ1) is 11.8. The molecule has 1 aromatic heterocycles. The second-order valence-electron chi connectivity index (χ2n) is 8.20. The minimum Gasteiger partial charge on any atom is -0.241 e. The summed E-state index contributed by atoms with van der Waals surface area (Å²) in [6, 6.07) is 12.7. The standard InChI is InChI=1S/C23H28N2/c1-7-17-15-23(17,8-2)22(5,6)20-14-19(24-16-25-20)21(3,4)18-12-10-9-11-13-18/h7-14,16-17H,1-2,15H2,3-6H3. The van der Waals surface area contributed by atoms with Crippen LogP contribution in [-0.2, 0) is 10.8 Å². The van der Waals surface area contributed by atoms with E-state index < -0.39 is 0 Å². The average molecular weight is 332 g/mol. The van der Waals surface area contributed by atoms with Crippen LogP contribution in [0, 0.1) is 11.3 Å². The van der Waals surface area contributed by atoms with Crippen molar-refractivity contribution in [3.8, 4) is 0 Å². The van der Waals surface area contributed by atoms with Crippen molar-refractivity contribution in [2.75, 3.05) is 0 Å². The van der Waals surface area contributed by atoms with E-state index in [0.29, 0.717) is 5.92 Å². The lowest BCUT2D eigenvalue weighted by Crippen LogP contribution is -2.32. The molecule has 25 heavy (non-hydrogen) atoms. The van der Waals surface area contributed by atoms with Crippen LogP contribution >= 0.6 is 0 Å². The van der Waals surface area contributed by atoms with Crippen molar-refractivity contribution in [2.45, 2.75) is 44.9 Å². The summed E-state index contributed by atoms with van der Waals surface area (Å²) in [4.78, 5) is 9.26. The molecule has 0 N–H and O–H groups in total. The van der Waals surface area contributed by atoms with E-state index in [1.165, 1.54) is 5.56 Å². The summed E-state index contributed by atoms with van der Waals surface area (Å²) in [7, 11) is 0. The lowest BCUT2D eigenvalue weighted by atomic mass is 9.70. The lowest BCUT2D eigenvalue weighted by molar-refractivity contribution is 0.334. The first-order valence-corrected chi connectivity index (χ1v) is 8.94. The molecule has 0 saturated heterocycles. The van der Waals surface area contributed by atoms with Crippen molar-refractivity contribution in [2.24, 2.45) is 11.3 Å². The Hall–Kier alpha value is -2.22. The van der Waals surface area contributed by atoms with Gasteiger partial charge in [-0.3, -0.25) is 0 Å². The Kier molecular flexibility index (Phi) is 4.18. The third kappa shape index (κ3) is 2.64. The van der Waals surface area contributed by atoms with Gasteiger partial charge in [-0.05, 0) is 24.0 Å². The van der Waals surface area contributed by atoms with Gasteiger partial charge in [-0.1, -0.05) is 70.2 Å². The smallest absolute Gasteiger partial charge is 0.115 e. The number of allylic oxidation sites excluding steroid dienone is 2. The molecule has 1 aliphatic rings. The quantitative estimate of drug-likeness (QED) is 0.657. The first-order valence-electron chi connectivity index (χ1n) is 8.94. The molecule has 0 amide bonds. The maximum Gasteiger partial charge on any atom is 0.115 e. The SMILES string of the molecule is C=CC1CC1(C=C)C(C)(C)c1cc(C(C)(C)c2ccccc2)ncn1. The highest BCUT2D eigenvalue weighted by Crippen LogP contribution is 2.65. The minimum absolute atomic E-state index is 0.0390. The largest absolute Gasteiger partial charge is 0.241 e. The fourth-order valence-electron chi connectivity index (χ4n) is 4.09. The van der Waals surface area contributed by atoms with Gasteiger partial charge in [0.15, 0.2) is 0 Å². The number of nitrogens with zero attached hydrogens (tertiary/aromatic N) is 2. The molecule has 0 radical (unpaired) electrons. The zero-order valence-corrected chi connectivity index (χ0v) is 15.8. The normalized spacial score (nSPS) is 23.1. The van der Waals surface area contributed by atoms with Gasteiger partial charge in [-0.25, -0.2) is 9.97 Å². The van der Waals surface area contributed by atoms with E-state index in [1.54, 1.807) is 6.33 Å². The topological polar surface area (TPSA) is 25.8 Å². The summed E-state index contributed by atoms with van der Waals surface area (Å²) in [5.74, 6) is 0.473. The Balaban J connectivity index is 2.03. The van der Waals surface area contributed by atoms with Crippen molar-refractivity contribution in [1.29, 1.82) is 0 Å². The molecule has 1 fully saturated rings. The van der Waals surface area contributed by atoms with Crippen molar-refractivity contribution in [3.05, 3.63) is 85.0 Å². The van der Waals surface area contributed by atoms with Crippen LogP contribution in [0.1, 0.15) is 51.1 Å². The molecule has 2 heteroatoms. The Morgan fingerprint density at radius 2 is 1.68 bits per heavy atom. The summed E-state index contributed by atoms with van der Waals surface area (Å²) < 4.78 is 0. The molecule has 1 aromatic carbocycles. The van der Waals surface area contributed by atoms with Crippen molar-refractivity contribution >= 4 is 0 Å². The van der Waals surface area contributed by atoms with Gasteiger partial charge in [0.25, 0.3) is 0 Å². The maximum absolute atomic E-state index is 4.65. The molecule has 3 rings (SSSR count). The van der Waals surface area contributed by atoms with Gasteiger partial charge in [0, 0.05) is 16.2 Å². The Labute approximate surface area is 151 Å². The third-order valence-electron chi connectivity index (χ3n) is 6.31. The maximum atomic E-state index is 4.65. The Morgan fingerprint density at radius 1 is 1.04 bits per heavy atom. The molecule has 2 aromatic rings. The van der Waals surface area contributed by atoms with Crippen molar-refractivity contribution in [1.82, 2.24) is 9.97 Å². The van der Waals surface area contributed by atoms with Crippen LogP contribution in [0.4, 0.5) is 0 Å². The fraction of sp³-hybridized carbons (Fsp3) is 0.391. The van der Waals surface area contributed by atoms with Crippen molar-refractivity contribution in [3.63, 3.8) is 0 Å². The lowest BCUT2D eigenvalue weighted by Gasteiger charge is -2.34. The van der Waals surface area contributed by atoms with E-state index in [-0.39, 0.29) is 16.2 Å². The molecular formula is C23H28N2. The van der Waals surface area contributed by atoms with Crippen LogP contribution in [0.3, 0.4) is 0 Å². The molecule has 0 spiro atoms.